The smallest absolute Gasteiger partial charge is 0.159 e. The third-order valence-corrected chi connectivity index (χ3v) is 5.50. The van der Waals surface area contributed by atoms with Crippen LogP contribution >= 0.6 is 11.6 Å². The second kappa shape index (κ2) is 5.13. The van der Waals surface area contributed by atoms with Gasteiger partial charge in [-0.3, -0.25) is 0 Å². The summed E-state index contributed by atoms with van der Waals surface area (Å²) in [5.41, 5.74) is 0.582. The lowest BCUT2D eigenvalue weighted by Crippen LogP contribution is -2.19. The molecule has 18 heavy (non-hydrogen) atoms. The van der Waals surface area contributed by atoms with Crippen LogP contribution in [-0.4, -0.2) is 25.3 Å². The van der Waals surface area contributed by atoms with Crippen molar-refractivity contribution in [2.24, 2.45) is 5.92 Å². The Kier molecular flexibility index (Phi) is 3.92. The number of hydrogen-bond donors (Lipinski definition) is 0. The molecule has 1 fully saturated rings. The molecule has 2 nitrogen and oxygen atoms in total. The molecule has 0 amide bonds. The quantitative estimate of drug-likeness (QED) is 0.803. The molecular weight excluding hydrogens is 282 g/mol. The van der Waals surface area contributed by atoms with Crippen LogP contribution in [0.25, 0.3) is 0 Å². The van der Waals surface area contributed by atoms with Gasteiger partial charge in [-0.05, 0) is 36.5 Å². The lowest BCUT2D eigenvalue weighted by Gasteiger charge is -2.15. The highest BCUT2D eigenvalue weighted by Gasteiger charge is 2.32. The van der Waals surface area contributed by atoms with Gasteiger partial charge in [0, 0.05) is 5.38 Å². The van der Waals surface area contributed by atoms with E-state index in [-0.39, 0.29) is 22.8 Å². The fourth-order valence-corrected chi connectivity index (χ4v) is 4.55. The summed E-state index contributed by atoms with van der Waals surface area (Å²) in [5.74, 6) is -1.66. The van der Waals surface area contributed by atoms with Crippen molar-refractivity contribution in [1.82, 2.24) is 0 Å². The van der Waals surface area contributed by atoms with Gasteiger partial charge < -0.3 is 0 Å². The Morgan fingerprint density at radius 2 is 2.06 bits per heavy atom. The number of alkyl halides is 1. The Balaban J connectivity index is 2.03. The number of hydrogen-bond acceptors (Lipinski definition) is 2. The maximum Gasteiger partial charge on any atom is 0.159 e. The van der Waals surface area contributed by atoms with Gasteiger partial charge in [0.05, 0.1) is 11.5 Å². The van der Waals surface area contributed by atoms with Crippen molar-refractivity contribution >= 4 is 21.4 Å². The van der Waals surface area contributed by atoms with E-state index in [1.807, 2.05) is 0 Å². The van der Waals surface area contributed by atoms with Crippen LogP contribution in [-0.2, 0) is 16.3 Å². The molecule has 2 unspecified atom stereocenters. The molecule has 100 valence electrons. The summed E-state index contributed by atoms with van der Waals surface area (Å²) in [6, 6.07) is 3.63. The van der Waals surface area contributed by atoms with Crippen molar-refractivity contribution < 1.29 is 17.2 Å². The van der Waals surface area contributed by atoms with Gasteiger partial charge >= 0.3 is 0 Å². The largest absolute Gasteiger partial charge is 0.229 e. The number of rotatable bonds is 3. The van der Waals surface area contributed by atoms with Crippen LogP contribution in [0.1, 0.15) is 12.0 Å². The molecule has 6 heteroatoms. The van der Waals surface area contributed by atoms with E-state index in [4.69, 9.17) is 11.6 Å². The standard InChI is InChI=1S/C12H13ClF2O2S/c13-10(9-3-4-18(16,17)7-9)5-8-1-2-11(14)12(15)6-8/h1-2,6,9-10H,3-5,7H2. The van der Waals surface area contributed by atoms with Gasteiger partial charge in [0.1, 0.15) is 0 Å². The highest BCUT2D eigenvalue weighted by atomic mass is 35.5. The predicted octanol–water partition coefficient (Wildman–Crippen LogP) is 2.55. The summed E-state index contributed by atoms with van der Waals surface area (Å²) in [6.07, 6.45) is 0.888. The number of sulfone groups is 1. The van der Waals surface area contributed by atoms with Crippen molar-refractivity contribution in [3.63, 3.8) is 0 Å². The average molecular weight is 295 g/mol. The van der Waals surface area contributed by atoms with Crippen molar-refractivity contribution in [1.29, 1.82) is 0 Å². The molecule has 0 spiro atoms. The monoisotopic (exact) mass is 294 g/mol. The van der Waals surface area contributed by atoms with Gasteiger partial charge in [0.15, 0.2) is 21.5 Å². The second-order valence-electron chi connectivity index (χ2n) is 4.63. The Labute approximate surface area is 110 Å². The first-order valence-corrected chi connectivity index (χ1v) is 7.91. The van der Waals surface area contributed by atoms with Crippen molar-refractivity contribution in [2.75, 3.05) is 11.5 Å². The van der Waals surface area contributed by atoms with E-state index in [0.29, 0.717) is 18.4 Å². The van der Waals surface area contributed by atoms with E-state index in [0.717, 1.165) is 12.1 Å². The summed E-state index contributed by atoms with van der Waals surface area (Å²) < 4.78 is 48.4. The van der Waals surface area contributed by atoms with Crippen LogP contribution in [0.4, 0.5) is 8.78 Å². The summed E-state index contributed by atoms with van der Waals surface area (Å²) in [4.78, 5) is 0. The highest BCUT2D eigenvalue weighted by Crippen LogP contribution is 2.27. The minimum atomic E-state index is -2.97. The lowest BCUT2D eigenvalue weighted by molar-refractivity contribution is 0.504. The first-order chi connectivity index (χ1) is 8.37. The second-order valence-corrected chi connectivity index (χ2v) is 7.42. The van der Waals surface area contributed by atoms with E-state index in [2.05, 4.69) is 0 Å². The van der Waals surface area contributed by atoms with Crippen LogP contribution in [0, 0.1) is 17.6 Å². The Morgan fingerprint density at radius 1 is 1.33 bits per heavy atom. The molecule has 1 aromatic rings. The maximum atomic E-state index is 13.0. The van der Waals surface area contributed by atoms with Gasteiger partial charge in [0.25, 0.3) is 0 Å². The van der Waals surface area contributed by atoms with Crippen LogP contribution < -0.4 is 0 Å². The summed E-state index contributed by atoms with van der Waals surface area (Å²) in [5, 5.41) is -0.368. The molecule has 2 atom stereocenters. The molecule has 2 rings (SSSR count). The Morgan fingerprint density at radius 3 is 2.61 bits per heavy atom. The van der Waals surface area contributed by atoms with Gasteiger partial charge in [0.2, 0.25) is 0 Å². The molecule has 0 aromatic heterocycles. The Bertz CT molecular complexity index is 545. The minimum absolute atomic E-state index is 0.0881. The SMILES string of the molecule is O=S1(=O)CCC(C(Cl)Cc2ccc(F)c(F)c2)C1. The molecule has 0 saturated carbocycles. The minimum Gasteiger partial charge on any atom is -0.229 e. The lowest BCUT2D eigenvalue weighted by atomic mass is 9.98. The number of benzene rings is 1. The first kappa shape index (κ1) is 13.7. The third kappa shape index (κ3) is 3.20. The maximum absolute atomic E-state index is 13.0. The normalized spacial score (nSPS) is 24.1. The molecule has 0 radical (unpaired) electrons. The molecule has 1 aliphatic heterocycles. The van der Waals surface area contributed by atoms with Crippen LogP contribution in [0.2, 0.25) is 0 Å². The van der Waals surface area contributed by atoms with Crippen LogP contribution in [0.5, 0.6) is 0 Å². The van der Waals surface area contributed by atoms with E-state index in [1.165, 1.54) is 6.07 Å². The zero-order valence-corrected chi connectivity index (χ0v) is 11.1. The Hall–Kier alpha value is -0.680. The molecule has 1 heterocycles. The first-order valence-electron chi connectivity index (χ1n) is 5.66. The van der Waals surface area contributed by atoms with Crippen molar-refractivity contribution in [3.8, 4) is 0 Å². The van der Waals surface area contributed by atoms with Gasteiger partial charge in [-0.2, -0.15) is 0 Å². The topological polar surface area (TPSA) is 34.1 Å². The molecule has 0 N–H and O–H groups in total. The van der Waals surface area contributed by atoms with Crippen LogP contribution in [0.3, 0.4) is 0 Å². The fourth-order valence-electron chi connectivity index (χ4n) is 2.17. The van der Waals surface area contributed by atoms with E-state index < -0.39 is 21.5 Å². The zero-order chi connectivity index (χ0) is 13.3. The summed E-state index contributed by atoms with van der Waals surface area (Å²) in [6.45, 7) is 0. The highest BCUT2D eigenvalue weighted by molar-refractivity contribution is 7.91. The molecule has 1 aliphatic rings. The molecule has 0 bridgehead atoms. The van der Waals surface area contributed by atoms with Gasteiger partial charge in [-0.1, -0.05) is 6.07 Å². The van der Waals surface area contributed by atoms with E-state index >= 15 is 0 Å². The van der Waals surface area contributed by atoms with E-state index in [1.54, 1.807) is 0 Å². The van der Waals surface area contributed by atoms with Gasteiger partial charge in [-0.25, -0.2) is 17.2 Å². The van der Waals surface area contributed by atoms with E-state index in [9.17, 15) is 17.2 Å². The third-order valence-electron chi connectivity index (χ3n) is 3.19. The summed E-state index contributed by atoms with van der Waals surface area (Å²) >= 11 is 6.16. The van der Waals surface area contributed by atoms with Crippen LogP contribution in [0.15, 0.2) is 18.2 Å². The zero-order valence-electron chi connectivity index (χ0n) is 9.57. The summed E-state index contributed by atoms with van der Waals surface area (Å²) in [7, 11) is -2.97. The number of halogens is 3. The average Bonchev–Trinajstić information content (AvgIpc) is 2.64. The molecule has 0 aliphatic carbocycles. The predicted molar refractivity (Wildman–Crippen MR) is 66.5 cm³/mol. The fraction of sp³-hybridized carbons (Fsp3) is 0.500. The molecule has 1 saturated heterocycles. The molecule has 1 aromatic carbocycles. The van der Waals surface area contributed by atoms with Crippen molar-refractivity contribution in [3.05, 3.63) is 35.4 Å². The van der Waals surface area contributed by atoms with Gasteiger partial charge in [-0.15, -0.1) is 11.6 Å². The van der Waals surface area contributed by atoms with Crippen molar-refractivity contribution in [2.45, 2.75) is 18.2 Å². The molecular formula is C12H13ClF2O2S.